The van der Waals surface area contributed by atoms with Crippen molar-refractivity contribution in [2.24, 2.45) is 5.18 Å². The number of allylic oxidation sites excluding steroid dienone is 1. The number of rotatable bonds is 4. The second-order valence-electron chi connectivity index (χ2n) is 3.17. The Morgan fingerprint density at radius 1 is 1.43 bits per heavy atom. The van der Waals surface area contributed by atoms with Gasteiger partial charge in [-0.25, -0.2) is 4.79 Å². The van der Waals surface area contributed by atoms with E-state index >= 15 is 0 Å². The molecule has 1 fully saturated rings. The molecule has 3 N–H and O–H groups in total. The molecule has 0 aromatic heterocycles. The third-order valence-corrected chi connectivity index (χ3v) is 1.92. The Morgan fingerprint density at radius 2 is 2.05 bits per heavy atom. The van der Waals surface area contributed by atoms with Crippen molar-refractivity contribution in [2.45, 2.75) is 32.8 Å². The van der Waals surface area contributed by atoms with E-state index in [2.05, 4.69) is 15.8 Å². The van der Waals surface area contributed by atoms with Gasteiger partial charge >= 0.3 is 6.03 Å². The van der Waals surface area contributed by atoms with Crippen molar-refractivity contribution < 1.29 is 19.4 Å². The molecule has 1 atom stereocenters. The number of aliphatic hydroxyl groups excluding tert-OH is 1. The van der Waals surface area contributed by atoms with Crippen molar-refractivity contribution in [3.05, 3.63) is 17.2 Å². The maximum Gasteiger partial charge on any atom is 0.318 e. The summed E-state index contributed by atoms with van der Waals surface area (Å²) in [5.74, 6) is 0. The Morgan fingerprint density at radius 3 is 2.43 bits per heavy atom. The van der Waals surface area contributed by atoms with Gasteiger partial charge in [0.15, 0.2) is 0 Å². The van der Waals surface area contributed by atoms with E-state index < -0.39 is 0 Å². The molecule has 1 aliphatic rings. The highest BCUT2D eigenvalue weighted by molar-refractivity contribution is 5.75. The molecule has 8 nitrogen and oxygen atoms in total. The van der Waals surface area contributed by atoms with E-state index in [1.54, 1.807) is 0 Å². The molecule has 124 valence electrons. The molecule has 0 aromatic rings. The molecule has 1 saturated heterocycles. The van der Waals surface area contributed by atoms with E-state index in [1.165, 1.54) is 19.3 Å². The van der Waals surface area contributed by atoms with E-state index in [-0.39, 0.29) is 12.1 Å². The Hall–Kier alpha value is -1.80. The standard InChI is InChI=1S/C5H8N2O2.C5H9NO2.C2H6.CH4O/c1-6-5(9)7-3-2-4-8;7-6-4-5-2-1-3-8-5;2*1-2/h2-4H,1H3,(H2,6,7,9);5H,1-4H2;1-2H3;2H,1H3/b3-2-;;;. The minimum atomic E-state index is -0.340. The predicted octanol–water partition coefficient (Wildman–Crippen LogP) is 1.19. The highest BCUT2D eigenvalue weighted by atomic mass is 16.5. The number of nitrogens with zero attached hydrogens (tertiary/aromatic N) is 1. The molecule has 0 bridgehead atoms. The SMILES string of the molecule is CC.CNC(=O)N/C=C\C=O.CO.O=NCC1CCCO1. The van der Waals surface area contributed by atoms with Crippen LogP contribution in [0.1, 0.15) is 26.7 Å². The van der Waals surface area contributed by atoms with Crippen molar-refractivity contribution >= 4 is 12.3 Å². The first-order valence-electron chi connectivity index (χ1n) is 6.68. The summed E-state index contributed by atoms with van der Waals surface area (Å²) in [5, 5.41) is 14.3. The fraction of sp³-hybridized carbons (Fsp3) is 0.692. The lowest BCUT2D eigenvalue weighted by Crippen LogP contribution is -2.28. The van der Waals surface area contributed by atoms with Crippen LogP contribution in [0, 0.1) is 4.91 Å². The molecule has 1 rings (SSSR count). The quantitative estimate of drug-likeness (QED) is 0.410. The number of hydrogen-bond donors (Lipinski definition) is 3. The summed E-state index contributed by atoms with van der Waals surface area (Å²) in [4.78, 5) is 29.5. The molecule has 1 unspecified atom stereocenters. The minimum Gasteiger partial charge on any atom is -0.400 e. The van der Waals surface area contributed by atoms with Gasteiger partial charge in [-0.3, -0.25) is 4.79 Å². The van der Waals surface area contributed by atoms with Crippen LogP contribution in [0.15, 0.2) is 17.5 Å². The molecule has 0 saturated carbocycles. The number of ether oxygens (including phenoxy) is 1. The third kappa shape index (κ3) is 20.7. The maximum atomic E-state index is 10.3. The van der Waals surface area contributed by atoms with Gasteiger partial charge in [-0.05, 0) is 18.9 Å². The van der Waals surface area contributed by atoms with Crippen molar-refractivity contribution in [2.75, 3.05) is 27.3 Å². The number of amides is 2. The Balaban J connectivity index is -0.000000250. The van der Waals surface area contributed by atoms with E-state index in [4.69, 9.17) is 9.84 Å². The molecule has 0 aliphatic carbocycles. The molecule has 1 heterocycles. The zero-order chi connectivity index (χ0) is 16.9. The smallest absolute Gasteiger partial charge is 0.318 e. The lowest BCUT2D eigenvalue weighted by atomic mass is 10.2. The monoisotopic (exact) mass is 305 g/mol. The number of urea groups is 1. The van der Waals surface area contributed by atoms with Gasteiger partial charge in [-0.15, -0.1) is 0 Å². The topological polar surface area (TPSA) is 117 Å². The van der Waals surface area contributed by atoms with Crippen LogP contribution >= 0.6 is 0 Å². The first-order chi connectivity index (χ1) is 10.2. The molecular weight excluding hydrogens is 278 g/mol. The molecular formula is C13H27N3O5. The Labute approximate surface area is 125 Å². The third-order valence-electron chi connectivity index (χ3n) is 1.92. The largest absolute Gasteiger partial charge is 0.400 e. The highest BCUT2D eigenvalue weighted by Crippen LogP contribution is 2.11. The second-order valence-corrected chi connectivity index (χ2v) is 3.17. The fourth-order valence-corrected chi connectivity index (χ4v) is 1.11. The highest BCUT2D eigenvalue weighted by Gasteiger charge is 2.14. The van der Waals surface area contributed by atoms with E-state index in [0.29, 0.717) is 12.8 Å². The number of carbonyl (C=O) groups excluding carboxylic acids is 2. The van der Waals surface area contributed by atoms with Gasteiger partial charge in [0.1, 0.15) is 12.8 Å². The second kappa shape index (κ2) is 23.3. The van der Waals surface area contributed by atoms with Gasteiger partial charge in [-0.2, -0.15) is 4.91 Å². The van der Waals surface area contributed by atoms with Gasteiger partial charge < -0.3 is 20.5 Å². The molecule has 8 heteroatoms. The molecule has 0 radical (unpaired) electrons. The number of nitrogens with one attached hydrogen (secondary N) is 2. The van der Waals surface area contributed by atoms with E-state index in [9.17, 15) is 14.5 Å². The first kappa shape index (κ1) is 24.2. The summed E-state index contributed by atoms with van der Waals surface area (Å²) in [6.45, 7) is 5.14. The number of nitroso groups, excluding NO2 is 1. The van der Waals surface area contributed by atoms with Gasteiger partial charge in [0.2, 0.25) is 0 Å². The predicted molar refractivity (Wildman–Crippen MR) is 81.9 cm³/mol. The lowest BCUT2D eigenvalue weighted by molar-refractivity contribution is -0.104. The van der Waals surface area contributed by atoms with Crippen LogP contribution < -0.4 is 10.6 Å². The zero-order valence-corrected chi connectivity index (χ0v) is 13.2. The summed E-state index contributed by atoms with van der Waals surface area (Å²) in [5.41, 5.74) is 0. The first-order valence-corrected chi connectivity index (χ1v) is 6.68. The summed E-state index contributed by atoms with van der Waals surface area (Å²) >= 11 is 0. The zero-order valence-electron chi connectivity index (χ0n) is 13.2. The number of carbonyl (C=O) groups is 2. The van der Waals surface area contributed by atoms with Crippen LogP contribution in [0.3, 0.4) is 0 Å². The van der Waals surface area contributed by atoms with Crippen LogP contribution in [-0.2, 0) is 9.53 Å². The molecule has 2 amide bonds. The Bertz CT molecular complexity index is 267. The summed E-state index contributed by atoms with van der Waals surface area (Å²) < 4.78 is 5.10. The van der Waals surface area contributed by atoms with Gasteiger partial charge in [0.25, 0.3) is 0 Å². The number of hydrogen-bond acceptors (Lipinski definition) is 6. The summed E-state index contributed by atoms with van der Waals surface area (Å²) in [6, 6.07) is -0.340. The van der Waals surface area contributed by atoms with E-state index in [0.717, 1.165) is 26.6 Å². The van der Waals surface area contributed by atoms with Gasteiger partial charge in [-0.1, -0.05) is 19.0 Å². The Kier molecular flexibility index (Phi) is 26.9. The van der Waals surface area contributed by atoms with E-state index in [1.807, 2.05) is 13.8 Å². The number of aldehydes is 1. The van der Waals surface area contributed by atoms with Crippen molar-refractivity contribution in [3.63, 3.8) is 0 Å². The molecule has 0 spiro atoms. The lowest BCUT2D eigenvalue weighted by Gasteiger charge is -1.99. The van der Waals surface area contributed by atoms with Crippen LogP contribution in [0.2, 0.25) is 0 Å². The molecule has 1 aliphatic heterocycles. The summed E-state index contributed by atoms with van der Waals surface area (Å²) in [7, 11) is 2.49. The minimum absolute atomic E-state index is 0.132. The van der Waals surface area contributed by atoms with Gasteiger partial charge in [0, 0.05) is 27.0 Å². The van der Waals surface area contributed by atoms with Gasteiger partial charge in [0.05, 0.1) is 6.10 Å². The summed E-state index contributed by atoms with van der Waals surface area (Å²) in [6.07, 6.45) is 5.25. The molecule has 21 heavy (non-hydrogen) atoms. The maximum absolute atomic E-state index is 10.3. The van der Waals surface area contributed by atoms with Crippen LogP contribution in [0.25, 0.3) is 0 Å². The normalized spacial score (nSPS) is 15.2. The van der Waals surface area contributed by atoms with Crippen LogP contribution in [0.4, 0.5) is 4.79 Å². The van der Waals surface area contributed by atoms with Crippen LogP contribution in [0.5, 0.6) is 0 Å². The van der Waals surface area contributed by atoms with Crippen molar-refractivity contribution in [1.29, 1.82) is 0 Å². The molecule has 0 aromatic carbocycles. The number of aliphatic hydroxyl groups is 1. The van der Waals surface area contributed by atoms with Crippen molar-refractivity contribution in [1.82, 2.24) is 10.6 Å². The van der Waals surface area contributed by atoms with Crippen LogP contribution in [-0.4, -0.2) is 50.8 Å². The fourth-order valence-electron chi connectivity index (χ4n) is 1.11. The average Bonchev–Trinajstić information content (AvgIpc) is 3.05. The average molecular weight is 305 g/mol. The van der Waals surface area contributed by atoms with Crippen molar-refractivity contribution in [3.8, 4) is 0 Å².